The van der Waals surface area contributed by atoms with E-state index in [1.807, 2.05) is 200 Å². The van der Waals surface area contributed by atoms with Gasteiger partial charge in [0.25, 0.3) is 29.6 Å². The molecule has 11 N–H and O–H groups in total. The third-order valence-electron chi connectivity index (χ3n) is 23.8. The number of aromatic nitrogens is 14. The van der Waals surface area contributed by atoms with E-state index in [1.165, 1.54) is 37.7 Å². The van der Waals surface area contributed by atoms with Crippen LogP contribution in [0.1, 0.15) is 116 Å². The fraction of sp³-hybridized carbons (Fsp3) is 0.245. The number of nitrogens with zero attached hydrogens (tertiary/aromatic N) is 15. The van der Waals surface area contributed by atoms with E-state index in [0.717, 1.165) is 195 Å². The van der Waals surface area contributed by atoms with E-state index in [2.05, 4.69) is 124 Å². The van der Waals surface area contributed by atoms with E-state index in [9.17, 15) is 33.1 Å². The number of aliphatic hydroxyl groups excluding tert-OH is 1. The number of piperidine rings is 2. The Hall–Kier alpha value is -14.9. The molecule has 31 heteroatoms. The number of hydrogen-bond acceptors (Lipinski definition) is 21. The number of para-hydroxylation sites is 2. The van der Waals surface area contributed by atoms with Gasteiger partial charge in [-0.3, -0.25) is 74.2 Å². The fourth-order valence-electron chi connectivity index (χ4n) is 16.7. The third-order valence-corrected chi connectivity index (χ3v) is 23.8. The Labute approximate surface area is 741 Å². The van der Waals surface area contributed by atoms with Gasteiger partial charge in [0.2, 0.25) is 0 Å². The second-order valence-corrected chi connectivity index (χ2v) is 33.1. The minimum absolute atomic E-state index is 0.110. The maximum absolute atomic E-state index is 13.5. The lowest BCUT2D eigenvalue weighted by Crippen LogP contribution is -2.38. The van der Waals surface area contributed by atoms with Crippen molar-refractivity contribution in [2.45, 2.75) is 89.4 Å². The fourth-order valence-corrected chi connectivity index (χ4v) is 16.7. The van der Waals surface area contributed by atoms with Crippen molar-refractivity contribution in [2.24, 2.45) is 0 Å². The molecule has 129 heavy (non-hydrogen) atoms. The van der Waals surface area contributed by atoms with Crippen molar-refractivity contribution in [3.8, 4) is 44.5 Å². The van der Waals surface area contributed by atoms with Crippen molar-refractivity contribution in [3.05, 3.63) is 283 Å². The number of carbonyl (C=O) groups excluding carboxylic acids is 4. The summed E-state index contributed by atoms with van der Waals surface area (Å²) in [5.41, 5.74) is 24.6. The number of aromatic amines is 4. The molecule has 652 valence electrons. The van der Waals surface area contributed by atoms with Crippen LogP contribution in [0.25, 0.3) is 88.1 Å². The average molecular weight is 1730 g/mol. The van der Waals surface area contributed by atoms with Gasteiger partial charge < -0.3 is 41.9 Å². The molecule has 4 amide bonds. The molecule has 29 nitrogen and oxygen atoms in total. The van der Waals surface area contributed by atoms with E-state index >= 15 is 0 Å². The number of nitrogens with two attached hydrogens (primary N) is 1. The van der Waals surface area contributed by atoms with Gasteiger partial charge in [0.05, 0.1) is 57.6 Å². The first-order valence-electron chi connectivity index (χ1n) is 43.5. The molecule has 10 aromatic heterocycles. The molecule has 0 radical (unpaired) electrons. The topological polar surface area (TPSA) is 371 Å². The molecule has 0 atom stereocenters. The lowest BCUT2D eigenvalue weighted by Gasteiger charge is -2.31. The Kier molecular flexibility index (Phi) is 25.6. The average Bonchev–Trinajstić information content (AvgIpc) is 1.68. The number of H-pyrrole nitrogens is 4. The Balaban J connectivity index is 0.000000117. The molecular weight excluding hydrogens is 1630 g/mol. The number of benzene rings is 6. The molecule has 5 saturated heterocycles. The van der Waals surface area contributed by atoms with E-state index in [-0.39, 0.29) is 42.6 Å². The molecule has 0 saturated carbocycles. The smallest absolute Gasteiger partial charge is 0.276 e. The molecule has 21 rings (SSSR count). The van der Waals surface area contributed by atoms with E-state index in [1.54, 1.807) is 37.2 Å². The van der Waals surface area contributed by atoms with Gasteiger partial charge in [-0.2, -0.15) is 20.4 Å². The Morgan fingerprint density at radius 3 is 1.02 bits per heavy atom. The van der Waals surface area contributed by atoms with Crippen molar-refractivity contribution in [1.82, 2.24) is 85.4 Å². The van der Waals surface area contributed by atoms with Crippen LogP contribution in [0, 0.1) is 0 Å². The predicted octanol–water partition coefficient (Wildman–Crippen LogP) is 16.5. The number of pyridine rings is 6. The zero-order valence-electron chi connectivity index (χ0n) is 70.8. The summed E-state index contributed by atoms with van der Waals surface area (Å²) in [5.74, 6) is -1.80. The van der Waals surface area contributed by atoms with Crippen LogP contribution in [0.15, 0.2) is 244 Å². The van der Waals surface area contributed by atoms with Crippen LogP contribution in [-0.2, 0) is 19.6 Å². The number of nitrogen functional groups attached to an aromatic ring is 1. The van der Waals surface area contributed by atoms with Crippen LogP contribution in [0.4, 0.5) is 48.9 Å². The van der Waals surface area contributed by atoms with Crippen LogP contribution in [0.5, 0.6) is 0 Å². The highest BCUT2D eigenvalue weighted by Crippen LogP contribution is 2.35. The van der Waals surface area contributed by atoms with Gasteiger partial charge in [0.15, 0.2) is 22.8 Å². The summed E-state index contributed by atoms with van der Waals surface area (Å²) in [5, 5.41) is 53.0. The Morgan fingerprint density at radius 1 is 0.357 bits per heavy atom. The van der Waals surface area contributed by atoms with Gasteiger partial charge in [0.1, 0.15) is 11.6 Å². The number of alkyl halides is 2. The first kappa shape index (κ1) is 84.9. The van der Waals surface area contributed by atoms with Crippen molar-refractivity contribution in [3.63, 3.8) is 0 Å². The number of aliphatic hydroxyl groups is 1. The van der Waals surface area contributed by atoms with Crippen LogP contribution >= 0.6 is 0 Å². The summed E-state index contributed by atoms with van der Waals surface area (Å²) in [6.07, 6.45) is 25.0. The highest BCUT2D eigenvalue weighted by Gasteiger charge is 2.34. The van der Waals surface area contributed by atoms with Crippen LogP contribution in [0.3, 0.4) is 0 Å². The van der Waals surface area contributed by atoms with Crippen molar-refractivity contribution < 1.29 is 33.1 Å². The normalized spacial score (nSPS) is 15.3. The summed E-state index contributed by atoms with van der Waals surface area (Å²) < 4.78 is 27.0. The molecule has 5 fully saturated rings. The second-order valence-electron chi connectivity index (χ2n) is 33.1. The minimum atomic E-state index is -2.56. The van der Waals surface area contributed by atoms with Gasteiger partial charge in [-0.25, -0.2) is 18.7 Å². The number of halogens is 2. The molecular formula is C98H96F2N24O5. The Bertz CT molecular complexity index is 6640. The summed E-state index contributed by atoms with van der Waals surface area (Å²) in [6.45, 7) is 11.2. The number of rotatable bonds is 20. The largest absolute Gasteiger partial charge is 0.397 e. The standard InChI is InChI=1S/C28H29F2N7O.C25H25N5O2.C23H21N5O.C22H21N7O/c29-28(30)7-11-36(12-8-28)18-19-13-21(16-31-15-19)20-3-5-24-23(14-20)26(35-34-24)27(38)33-22-4-6-25(32-17-22)37-9-1-2-10-37;31-21-8-10-30(11-9-21)16-17-12-19(15-26-14-17)18-6-7-23-22(13-18)24(29-28-23)25(32)27-20-4-2-1-3-5-20;29-23(25-19-5-2-1-3-6-19)22-20-12-17(7-8-21(20)26-27-22)18-11-16(13-24-14-18)15-28-9-4-10-28;23-16-9-15(11-24-12-16)14-3-5-19-18(10-14)21(28-27-19)22(30)26-17-4-6-20(25-13-17)29-7-1-2-8-29/h3-6,13-17H,1-2,7-12,18H2,(H,33,38)(H,34,35);1-7,12-15,21,31H,8-11,16H2,(H,27,32)(H,28,29);1-3,5-8,11-14H,4,9-10,15H2,(H,25,29)(H,26,27);3-6,9-13H,1-2,7-8,23H2,(H,26,30)(H,27,28). The predicted molar refractivity (Wildman–Crippen MR) is 498 cm³/mol. The van der Waals surface area contributed by atoms with E-state index < -0.39 is 5.92 Å². The maximum Gasteiger partial charge on any atom is 0.276 e. The number of anilines is 7. The summed E-state index contributed by atoms with van der Waals surface area (Å²) in [7, 11) is 0. The first-order valence-corrected chi connectivity index (χ1v) is 43.5. The Morgan fingerprint density at radius 2 is 0.690 bits per heavy atom. The molecule has 0 aliphatic carbocycles. The van der Waals surface area contributed by atoms with Crippen LogP contribution in [0.2, 0.25) is 0 Å². The van der Waals surface area contributed by atoms with Crippen LogP contribution in [-0.4, -0.2) is 192 Å². The lowest BCUT2D eigenvalue weighted by atomic mass is 10.0. The molecule has 0 bridgehead atoms. The molecule has 15 heterocycles. The monoisotopic (exact) mass is 1730 g/mol. The zero-order chi connectivity index (χ0) is 88.2. The highest BCUT2D eigenvalue weighted by atomic mass is 19.3. The number of nitrogens with one attached hydrogen (secondary N) is 8. The molecule has 5 aliphatic rings. The van der Waals surface area contributed by atoms with Gasteiger partial charge in [0, 0.05) is 190 Å². The van der Waals surface area contributed by atoms with Gasteiger partial charge in [-0.15, -0.1) is 0 Å². The third kappa shape index (κ3) is 20.8. The van der Waals surface area contributed by atoms with Crippen molar-refractivity contribution >= 4 is 107 Å². The molecule has 16 aromatic rings. The van der Waals surface area contributed by atoms with Crippen molar-refractivity contribution in [2.75, 3.05) is 102 Å². The molecule has 0 spiro atoms. The highest BCUT2D eigenvalue weighted by molar-refractivity contribution is 6.14. The second kappa shape index (κ2) is 38.9. The summed E-state index contributed by atoms with van der Waals surface area (Å²) in [4.78, 5) is 89.2. The maximum atomic E-state index is 13.5. The summed E-state index contributed by atoms with van der Waals surface area (Å²) in [6, 6.07) is 58.0. The quantitative estimate of drug-likeness (QED) is 0.0339. The van der Waals surface area contributed by atoms with Crippen LogP contribution < -0.4 is 36.8 Å². The number of amides is 4. The number of hydrogen-bond donors (Lipinski definition) is 10. The van der Waals surface area contributed by atoms with E-state index in [4.69, 9.17) is 5.73 Å². The van der Waals surface area contributed by atoms with Crippen molar-refractivity contribution in [1.29, 1.82) is 0 Å². The number of carbonyl (C=O) groups is 4. The van der Waals surface area contributed by atoms with Gasteiger partial charge >= 0.3 is 0 Å². The number of likely N-dealkylation sites (tertiary alicyclic amines) is 3. The van der Waals surface area contributed by atoms with E-state index in [0.29, 0.717) is 64.9 Å². The summed E-state index contributed by atoms with van der Waals surface area (Å²) >= 11 is 0. The van der Waals surface area contributed by atoms with Gasteiger partial charge in [-0.1, -0.05) is 60.7 Å². The molecule has 0 unspecified atom stereocenters. The first-order chi connectivity index (χ1) is 63.0. The number of fused-ring (bicyclic) bond motifs is 4. The minimum Gasteiger partial charge on any atom is -0.397 e. The zero-order valence-corrected chi connectivity index (χ0v) is 70.8. The SMILES string of the molecule is Nc1cncc(-c2ccc3[nH]nc(C(=O)Nc4ccc(N5CCCC5)nc4)c3c2)c1.O=C(Nc1ccc(N2CCCC2)nc1)c1n[nH]c2ccc(-c3cncc(CN4CCC(F)(F)CC4)c3)cc12.O=C(Nc1ccccc1)c1n[nH]c2ccc(-c3cncc(CN4CCC(O)CC4)c3)cc12.O=C(Nc1ccccc1)c1n[nH]c2ccc(-c3cncc(CN4CCC4)c3)cc12. The lowest BCUT2D eigenvalue weighted by molar-refractivity contribution is -0.0566. The molecule has 5 aliphatic heterocycles. The molecule has 6 aromatic carbocycles. The van der Waals surface area contributed by atoms with Gasteiger partial charge in [-0.05, 0) is 218 Å².